The molecule has 180 valence electrons. The monoisotopic (exact) mass is 489 g/mol. The Kier molecular flexibility index (Phi) is 9.16. The summed E-state index contributed by atoms with van der Waals surface area (Å²) in [4.78, 5) is 14.9. The minimum Gasteiger partial charge on any atom is -0.493 e. The van der Waals surface area contributed by atoms with Crippen molar-refractivity contribution in [3.05, 3.63) is 88.5 Å². The number of nitrogens with zero attached hydrogens (tertiary/aromatic N) is 2. The van der Waals surface area contributed by atoms with Gasteiger partial charge in [-0.2, -0.15) is 5.26 Å². The SMILES string of the molecule is CCN(CC)c1ccc(NC(=O)/C(C#N)=C\c2ccc(OCc3ccc(Cl)cc3)c(OC)c2)cc1. The van der Waals surface area contributed by atoms with Gasteiger partial charge in [-0.3, -0.25) is 4.79 Å². The van der Waals surface area contributed by atoms with Crippen molar-refractivity contribution in [2.45, 2.75) is 20.5 Å². The molecule has 0 bridgehead atoms. The molecular weight excluding hydrogens is 462 g/mol. The average molecular weight is 490 g/mol. The highest BCUT2D eigenvalue weighted by Gasteiger charge is 2.12. The number of amides is 1. The number of halogens is 1. The molecule has 0 saturated carbocycles. The summed E-state index contributed by atoms with van der Waals surface area (Å²) < 4.78 is 11.3. The number of rotatable bonds is 10. The van der Waals surface area contributed by atoms with Gasteiger partial charge in [-0.05, 0) is 79.6 Å². The van der Waals surface area contributed by atoms with Gasteiger partial charge >= 0.3 is 0 Å². The van der Waals surface area contributed by atoms with E-state index < -0.39 is 5.91 Å². The number of hydrogen-bond donors (Lipinski definition) is 1. The van der Waals surface area contributed by atoms with Gasteiger partial charge in [0.2, 0.25) is 0 Å². The molecule has 0 aliphatic carbocycles. The van der Waals surface area contributed by atoms with Crippen LogP contribution in [0.2, 0.25) is 5.02 Å². The van der Waals surface area contributed by atoms with Gasteiger partial charge in [-0.1, -0.05) is 29.8 Å². The molecule has 0 heterocycles. The lowest BCUT2D eigenvalue weighted by Gasteiger charge is -2.21. The van der Waals surface area contributed by atoms with Crippen LogP contribution in [0.1, 0.15) is 25.0 Å². The lowest BCUT2D eigenvalue weighted by atomic mass is 10.1. The number of nitriles is 1. The number of hydrogen-bond acceptors (Lipinski definition) is 5. The number of benzene rings is 3. The van der Waals surface area contributed by atoms with Crippen LogP contribution in [-0.2, 0) is 11.4 Å². The van der Waals surface area contributed by atoms with E-state index in [9.17, 15) is 10.1 Å². The first-order valence-electron chi connectivity index (χ1n) is 11.3. The summed E-state index contributed by atoms with van der Waals surface area (Å²) in [6, 6.07) is 22.2. The number of anilines is 2. The second-order valence-electron chi connectivity index (χ2n) is 7.67. The van der Waals surface area contributed by atoms with E-state index in [1.165, 1.54) is 13.2 Å². The topological polar surface area (TPSA) is 74.6 Å². The molecule has 3 aromatic rings. The smallest absolute Gasteiger partial charge is 0.266 e. The van der Waals surface area contributed by atoms with Gasteiger partial charge in [-0.15, -0.1) is 0 Å². The van der Waals surface area contributed by atoms with E-state index in [0.717, 1.165) is 24.3 Å². The van der Waals surface area contributed by atoms with E-state index in [1.54, 1.807) is 30.3 Å². The van der Waals surface area contributed by atoms with Gasteiger partial charge < -0.3 is 19.7 Å². The third-order valence-electron chi connectivity index (χ3n) is 5.43. The Morgan fingerprint density at radius 3 is 2.31 bits per heavy atom. The van der Waals surface area contributed by atoms with Crippen LogP contribution in [0.5, 0.6) is 11.5 Å². The fourth-order valence-electron chi connectivity index (χ4n) is 3.49. The maximum atomic E-state index is 12.7. The molecular formula is C28H28ClN3O3. The van der Waals surface area contributed by atoms with Crippen molar-refractivity contribution in [2.24, 2.45) is 0 Å². The lowest BCUT2D eigenvalue weighted by molar-refractivity contribution is -0.112. The standard InChI is InChI=1S/C28H28ClN3O3/c1-4-32(5-2)25-13-11-24(12-14-25)31-28(33)22(18-30)16-21-8-15-26(27(17-21)34-3)35-19-20-6-9-23(29)10-7-20/h6-17H,4-5,19H2,1-3H3,(H,31,33)/b22-16-. The van der Waals surface area contributed by atoms with Crippen molar-refractivity contribution in [2.75, 3.05) is 30.4 Å². The average Bonchev–Trinajstić information content (AvgIpc) is 2.88. The maximum Gasteiger partial charge on any atom is 0.266 e. The zero-order chi connectivity index (χ0) is 25.2. The second-order valence-corrected chi connectivity index (χ2v) is 8.10. The molecule has 0 unspecified atom stereocenters. The van der Waals surface area contributed by atoms with Crippen molar-refractivity contribution in [3.63, 3.8) is 0 Å². The summed E-state index contributed by atoms with van der Waals surface area (Å²) in [6.45, 7) is 6.34. The van der Waals surface area contributed by atoms with E-state index in [2.05, 4.69) is 24.1 Å². The van der Waals surface area contributed by atoms with Gasteiger partial charge in [-0.25, -0.2) is 0 Å². The van der Waals surface area contributed by atoms with Crippen molar-refractivity contribution in [3.8, 4) is 17.6 Å². The summed E-state index contributed by atoms with van der Waals surface area (Å²) in [5, 5.41) is 13.0. The molecule has 0 spiro atoms. The van der Waals surface area contributed by atoms with Crippen molar-refractivity contribution >= 4 is 35.0 Å². The maximum absolute atomic E-state index is 12.7. The molecule has 0 saturated heterocycles. The van der Waals surface area contributed by atoms with Crippen LogP contribution >= 0.6 is 11.6 Å². The molecule has 3 aromatic carbocycles. The van der Waals surface area contributed by atoms with Gasteiger partial charge in [0.05, 0.1) is 7.11 Å². The molecule has 6 nitrogen and oxygen atoms in total. The molecule has 0 atom stereocenters. The Morgan fingerprint density at radius 1 is 1.03 bits per heavy atom. The number of nitrogens with one attached hydrogen (secondary N) is 1. The van der Waals surface area contributed by atoms with Gasteiger partial charge in [0.15, 0.2) is 11.5 Å². The van der Waals surface area contributed by atoms with E-state index >= 15 is 0 Å². The molecule has 35 heavy (non-hydrogen) atoms. The highest BCUT2D eigenvalue weighted by Crippen LogP contribution is 2.30. The Bertz CT molecular complexity index is 1210. The normalized spacial score (nSPS) is 10.9. The fraction of sp³-hybridized carbons (Fsp3) is 0.214. The predicted molar refractivity (Wildman–Crippen MR) is 141 cm³/mol. The number of carbonyl (C=O) groups is 1. The quantitative estimate of drug-likeness (QED) is 0.266. The van der Waals surface area contributed by atoms with Crippen LogP contribution in [0.3, 0.4) is 0 Å². The largest absolute Gasteiger partial charge is 0.493 e. The highest BCUT2D eigenvalue weighted by atomic mass is 35.5. The predicted octanol–water partition coefficient (Wildman–Crippen LogP) is 6.32. The minimum absolute atomic E-state index is 0.0188. The third kappa shape index (κ3) is 7.02. The Balaban J connectivity index is 1.70. The molecule has 0 aliphatic heterocycles. The summed E-state index contributed by atoms with van der Waals surface area (Å²) in [6.07, 6.45) is 1.52. The van der Waals surface area contributed by atoms with Crippen LogP contribution in [-0.4, -0.2) is 26.1 Å². The van der Waals surface area contributed by atoms with E-state index in [1.807, 2.05) is 42.5 Å². The van der Waals surface area contributed by atoms with Crippen molar-refractivity contribution in [1.82, 2.24) is 0 Å². The first-order valence-corrected chi connectivity index (χ1v) is 11.7. The van der Waals surface area contributed by atoms with Crippen LogP contribution in [0.15, 0.2) is 72.3 Å². The zero-order valence-corrected chi connectivity index (χ0v) is 20.8. The van der Waals surface area contributed by atoms with Crippen molar-refractivity contribution in [1.29, 1.82) is 5.26 Å². The summed E-state index contributed by atoms with van der Waals surface area (Å²) in [7, 11) is 1.54. The molecule has 1 N–H and O–H groups in total. The molecule has 0 aliphatic rings. The second kappa shape index (κ2) is 12.5. The number of ether oxygens (including phenoxy) is 2. The minimum atomic E-state index is -0.481. The molecule has 3 rings (SSSR count). The molecule has 1 amide bonds. The Hall–Kier alpha value is -3.95. The van der Waals surface area contributed by atoms with E-state index in [4.69, 9.17) is 21.1 Å². The molecule has 7 heteroatoms. The molecule has 0 fully saturated rings. The number of carbonyl (C=O) groups excluding carboxylic acids is 1. The van der Waals surface area contributed by atoms with Gasteiger partial charge in [0, 0.05) is 29.5 Å². The molecule has 0 radical (unpaired) electrons. The van der Waals surface area contributed by atoms with Gasteiger partial charge in [0.1, 0.15) is 18.2 Å². The van der Waals surface area contributed by atoms with Gasteiger partial charge in [0.25, 0.3) is 5.91 Å². The summed E-state index contributed by atoms with van der Waals surface area (Å²) in [5.74, 6) is 0.568. The van der Waals surface area contributed by atoms with Crippen molar-refractivity contribution < 1.29 is 14.3 Å². The molecule has 0 aromatic heterocycles. The highest BCUT2D eigenvalue weighted by molar-refractivity contribution is 6.30. The first-order chi connectivity index (χ1) is 17.0. The summed E-state index contributed by atoms with van der Waals surface area (Å²) in [5.41, 5.74) is 3.29. The van der Waals surface area contributed by atoms with E-state index in [-0.39, 0.29) is 5.57 Å². The Morgan fingerprint density at radius 2 is 1.71 bits per heavy atom. The Labute approximate surface area is 211 Å². The first kappa shape index (κ1) is 25.7. The fourth-order valence-corrected chi connectivity index (χ4v) is 3.62. The van der Waals surface area contributed by atoms with Crippen LogP contribution in [0, 0.1) is 11.3 Å². The third-order valence-corrected chi connectivity index (χ3v) is 5.68. The summed E-state index contributed by atoms with van der Waals surface area (Å²) >= 11 is 5.92. The zero-order valence-electron chi connectivity index (χ0n) is 20.0. The van der Waals surface area contributed by atoms with E-state index in [0.29, 0.717) is 34.4 Å². The number of methoxy groups -OCH3 is 1. The lowest BCUT2D eigenvalue weighted by Crippen LogP contribution is -2.21. The van der Waals surface area contributed by atoms with Crippen LogP contribution in [0.25, 0.3) is 6.08 Å². The van der Waals surface area contributed by atoms with Crippen LogP contribution in [0.4, 0.5) is 11.4 Å². The van der Waals surface area contributed by atoms with Crippen LogP contribution < -0.4 is 19.7 Å².